The molecule has 1 aliphatic rings. The molecule has 5 rings (SSSR count). The Labute approximate surface area is 227 Å². The first-order chi connectivity index (χ1) is 18.8. The maximum Gasteiger partial charge on any atom is 0.258 e. The van der Waals surface area contributed by atoms with Crippen molar-refractivity contribution in [2.24, 2.45) is 0 Å². The number of nitrogens with zero attached hydrogens (tertiary/aromatic N) is 1. The Balaban J connectivity index is 1.45. The molecule has 1 aromatic heterocycles. The van der Waals surface area contributed by atoms with Gasteiger partial charge in [-0.15, -0.1) is 0 Å². The number of hydrogen-bond donors (Lipinski definition) is 2. The van der Waals surface area contributed by atoms with E-state index in [1.165, 1.54) is 6.92 Å². The number of benzene rings is 3. The van der Waals surface area contributed by atoms with Crippen molar-refractivity contribution < 1.29 is 23.5 Å². The van der Waals surface area contributed by atoms with Crippen LogP contribution in [-0.4, -0.2) is 23.8 Å². The molecule has 0 radical (unpaired) electrons. The van der Waals surface area contributed by atoms with Crippen molar-refractivity contribution in [3.63, 3.8) is 0 Å². The van der Waals surface area contributed by atoms with Gasteiger partial charge in [0.25, 0.3) is 5.91 Å². The predicted octanol–water partition coefficient (Wildman–Crippen LogP) is 6.21. The number of methoxy groups -OCH3 is 1. The van der Waals surface area contributed by atoms with E-state index in [9.17, 15) is 9.59 Å². The number of anilines is 2. The first-order valence-corrected chi connectivity index (χ1v) is 12.7. The number of fused-ring (bicyclic) bond motifs is 1. The van der Waals surface area contributed by atoms with Crippen LogP contribution in [0.4, 0.5) is 11.4 Å². The third-order valence-electron chi connectivity index (χ3n) is 6.70. The maximum absolute atomic E-state index is 13.6. The van der Waals surface area contributed by atoms with Gasteiger partial charge in [-0.2, -0.15) is 0 Å². The molecule has 3 aromatic carbocycles. The molecule has 1 atom stereocenters. The van der Waals surface area contributed by atoms with Crippen molar-refractivity contribution in [1.82, 2.24) is 4.90 Å². The standard InChI is InChI=1S/C31H31N3O5/c1-19-14-24(32-21(3)35)15-20(2)29(19)39-18-23-16-22(11-12-28(23)37-4)30-33-27-10-6-5-9-26(27)31(36)34(30)17-25-8-7-13-38-25/h5-16,30,33H,17-18H2,1-4H3,(H,32,35)/t30-/m1/s1. The highest BCUT2D eigenvalue weighted by Gasteiger charge is 2.33. The minimum Gasteiger partial charge on any atom is -0.496 e. The zero-order valence-electron chi connectivity index (χ0n) is 22.4. The summed E-state index contributed by atoms with van der Waals surface area (Å²) in [6.45, 7) is 5.95. The van der Waals surface area contributed by atoms with Crippen molar-refractivity contribution in [3.05, 3.63) is 107 Å². The summed E-state index contributed by atoms with van der Waals surface area (Å²) in [7, 11) is 1.62. The number of furan rings is 1. The normalized spacial score (nSPS) is 14.4. The van der Waals surface area contributed by atoms with Crippen LogP contribution in [0.3, 0.4) is 0 Å². The molecule has 1 aliphatic heterocycles. The van der Waals surface area contributed by atoms with Gasteiger partial charge in [0.1, 0.15) is 30.0 Å². The first-order valence-electron chi connectivity index (χ1n) is 12.7. The van der Waals surface area contributed by atoms with Crippen LogP contribution in [0.1, 0.15) is 51.5 Å². The Hall–Kier alpha value is -4.72. The van der Waals surface area contributed by atoms with E-state index in [1.807, 2.05) is 80.6 Å². The summed E-state index contributed by atoms with van der Waals surface area (Å²) in [6, 6.07) is 20.8. The van der Waals surface area contributed by atoms with Crippen LogP contribution < -0.4 is 20.1 Å². The summed E-state index contributed by atoms with van der Waals surface area (Å²) < 4.78 is 17.5. The Morgan fingerprint density at radius 3 is 2.51 bits per heavy atom. The number of para-hydroxylation sites is 1. The average Bonchev–Trinajstić information content (AvgIpc) is 3.42. The lowest BCUT2D eigenvalue weighted by Gasteiger charge is -2.38. The minimum absolute atomic E-state index is 0.0788. The zero-order chi connectivity index (χ0) is 27.5. The van der Waals surface area contributed by atoms with Gasteiger partial charge in [0.05, 0.1) is 25.5 Å². The van der Waals surface area contributed by atoms with Crippen molar-refractivity contribution in [2.45, 2.75) is 40.1 Å². The van der Waals surface area contributed by atoms with E-state index in [-0.39, 0.29) is 18.4 Å². The quantitative estimate of drug-likeness (QED) is 0.284. The van der Waals surface area contributed by atoms with Crippen molar-refractivity contribution >= 4 is 23.2 Å². The molecule has 2 heterocycles. The van der Waals surface area contributed by atoms with Crippen LogP contribution in [0.5, 0.6) is 11.5 Å². The highest BCUT2D eigenvalue weighted by molar-refractivity contribution is 6.01. The highest BCUT2D eigenvalue weighted by atomic mass is 16.5. The molecule has 0 unspecified atom stereocenters. The number of hydrogen-bond acceptors (Lipinski definition) is 6. The molecule has 0 saturated heterocycles. The van der Waals surface area contributed by atoms with E-state index >= 15 is 0 Å². The van der Waals surface area contributed by atoms with Gasteiger partial charge in [0.15, 0.2) is 0 Å². The molecule has 0 saturated carbocycles. The fraction of sp³-hybridized carbons (Fsp3) is 0.226. The van der Waals surface area contributed by atoms with Gasteiger partial charge in [-0.25, -0.2) is 0 Å². The number of nitrogens with one attached hydrogen (secondary N) is 2. The third kappa shape index (κ3) is 5.45. The van der Waals surface area contributed by atoms with Gasteiger partial charge in [-0.1, -0.05) is 18.2 Å². The monoisotopic (exact) mass is 525 g/mol. The van der Waals surface area contributed by atoms with Gasteiger partial charge in [0.2, 0.25) is 5.91 Å². The molecular weight excluding hydrogens is 494 g/mol. The van der Waals surface area contributed by atoms with E-state index in [0.29, 0.717) is 23.6 Å². The lowest BCUT2D eigenvalue weighted by molar-refractivity contribution is -0.114. The largest absolute Gasteiger partial charge is 0.496 e. The molecule has 0 bridgehead atoms. The molecule has 8 nitrogen and oxygen atoms in total. The van der Waals surface area contributed by atoms with Crippen LogP contribution in [-0.2, 0) is 17.9 Å². The molecule has 8 heteroatoms. The molecule has 4 aromatic rings. The molecule has 0 aliphatic carbocycles. The van der Waals surface area contributed by atoms with Crippen molar-refractivity contribution in [1.29, 1.82) is 0 Å². The second-order valence-corrected chi connectivity index (χ2v) is 9.59. The molecule has 2 amide bonds. The smallest absolute Gasteiger partial charge is 0.258 e. The van der Waals surface area contributed by atoms with Gasteiger partial charge in [-0.3, -0.25) is 9.59 Å². The number of amides is 2. The number of aryl methyl sites for hydroxylation is 2. The topological polar surface area (TPSA) is 93.0 Å². The summed E-state index contributed by atoms with van der Waals surface area (Å²) >= 11 is 0. The average molecular weight is 526 g/mol. The van der Waals surface area contributed by atoms with E-state index in [2.05, 4.69) is 10.6 Å². The Kier molecular flexibility index (Phi) is 7.27. The minimum atomic E-state index is -0.428. The first kappa shape index (κ1) is 25.9. The van der Waals surface area contributed by atoms with E-state index in [1.54, 1.807) is 18.3 Å². The van der Waals surface area contributed by atoms with E-state index in [0.717, 1.165) is 39.4 Å². The Morgan fingerprint density at radius 1 is 1.05 bits per heavy atom. The number of rotatable bonds is 8. The molecule has 0 spiro atoms. The SMILES string of the molecule is COc1ccc([C@@H]2Nc3ccccc3C(=O)N2Cc2ccco2)cc1COc1c(C)cc(NC(C)=O)cc1C. The number of carbonyl (C=O) groups excluding carboxylic acids is 2. The lowest BCUT2D eigenvalue weighted by Crippen LogP contribution is -2.42. The Morgan fingerprint density at radius 2 is 1.82 bits per heavy atom. The van der Waals surface area contributed by atoms with Crippen LogP contribution >= 0.6 is 0 Å². The van der Waals surface area contributed by atoms with Gasteiger partial charge in [-0.05, 0) is 79.1 Å². The summed E-state index contributed by atoms with van der Waals surface area (Å²) in [6.07, 6.45) is 1.18. The van der Waals surface area contributed by atoms with Crippen LogP contribution in [0, 0.1) is 13.8 Å². The molecule has 39 heavy (non-hydrogen) atoms. The summed E-state index contributed by atoms with van der Waals surface area (Å²) in [5.41, 5.74) is 5.68. The van der Waals surface area contributed by atoms with Gasteiger partial charge >= 0.3 is 0 Å². The van der Waals surface area contributed by atoms with Gasteiger partial charge < -0.3 is 29.4 Å². The second-order valence-electron chi connectivity index (χ2n) is 9.59. The summed E-state index contributed by atoms with van der Waals surface area (Å²) in [5.74, 6) is 1.92. The molecule has 0 fully saturated rings. The fourth-order valence-electron chi connectivity index (χ4n) is 4.97. The number of ether oxygens (including phenoxy) is 2. The molecule has 200 valence electrons. The molecular formula is C31H31N3O5. The van der Waals surface area contributed by atoms with Crippen LogP contribution in [0.25, 0.3) is 0 Å². The fourth-order valence-corrected chi connectivity index (χ4v) is 4.97. The van der Waals surface area contributed by atoms with Crippen LogP contribution in [0.2, 0.25) is 0 Å². The Bertz CT molecular complexity index is 1490. The summed E-state index contributed by atoms with van der Waals surface area (Å²) in [4.78, 5) is 26.8. The third-order valence-corrected chi connectivity index (χ3v) is 6.70. The maximum atomic E-state index is 13.6. The van der Waals surface area contributed by atoms with Gasteiger partial charge in [0, 0.05) is 23.9 Å². The highest BCUT2D eigenvalue weighted by Crippen LogP contribution is 2.36. The van der Waals surface area contributed by atoms with Crippen molar-refractivity contribution in [3.8, 4) is 11.5 Å². The summed E-state index contributed by atoms with van der Waals surface area (Å²) in [5, 5.41) is 6.35. The molecule has 2 N–H and O–H groups in total. The lowest BCUT2D eigenvalue weighted by atomic mass is 10.0. The zero-order valence-corrected chi connectivity index (χ0v) is 22.4. The van der Waals surface area contributed by atoms with E-state index in [4.69, 9.17) is 13.9 Å². The van der Waals surface area contributed by atoms with E-state index < -0.39 is 6.17 Å². The number of carbonyl (C=O) groups is 2. The second kappa shape index (κ2) is 10.9. The van der Waals surface area contributed by atoms with Crippen molar-refractivity contribution in [2.75, 3.05) is 17.7 Å². The van der Waals surface area contributed by atoms with Crippen LogP contribution in [0.15, 0.2) is 77.4 Å². The predicted molar refractivity (Wildman–Crippen MR) is 149 cm³/mol.